The zero-order valence-electron chi connectivity index (χ0n) is 11.6. The Labute approximate surface area is 116 Å². The molecule has 0 saturated carbocycles. The summed E-state index contributed by atoms with van der Waals surface area (Å²) >= 11 is 0. The third-order valence-corrected chi connectivity index (χ3v) is 4.33. The highest BCUT2D eigenvalue weighted by Crippen LogP contribution is 2.22. The van der Waals surface area contributed by atoms with E-state index in [2.05, 4.69) is 6.58 Å². The first-order valence-corrected chi connectivity index (χ1v) is 8.10. The molecule has 19 heavy (non-hydrogen) atoms. The molecule has 4 heteroatoms. The normalized spacial score (nSPS) is 11.7. The average Bonchev–Trinajstić information content (AvgIpc) is 2.39. The van der Waals surface area contributed by atoms with E-state index >= 15 is 0 Å². The number of benzene rings is 1. The van der Waals surface area contributed by atoms with Gasteiger partial charge >= 0.3 is 0 Å². The van der Waals surface area contributed by atoms with Gasteiger partial charge in [0.1, 0.15) is 4.90 Å². The van der Waals surface area contributed by atoms with E-state index in [1.165, 1.54) is 6.08 Å². The van der Waals surface area contributed by atoms with E-state index in [4.69, 9.17) is 4.18 Å². The summed E-state index contributed by atoms with van der Waals surface area (Å²) in [6.45, 7) is 7.69. The maximum absolute atomic E-state index is 12.3. The van der Waals surface area contributed by atoms with Crippen LogP contribution in [0.2, 0.25) is 0 Å². The van der Waals surface area contributed by atoms with E-state index < -0.39 is 10.1 Å². The maximum atomic E-state index is 12.3. The van der Waals surface area contributed by atoms with Crippen molar-refractivity contribution in [2.45, 2.75) is 50.5 Å². The molecule has 0 fully saturated rings. The van der Waals surface area contributed by atoms with Crippen LogP contribution in [0.4, 0.5) is 0 Å². The molecule has 106 valence electrons. The van der Waals surface area contributed by atoms with Crippen LogP contribution in [0.5, 0.6) is 0 Å². The lowest BCUT2D eigenvalue weighted by Gasteiger charge is -2.17. The minimum absolute atomic E-state index is 0.196. The fraction of sp³-hybridized carbons (Fsp3) is 0.467. The van der Waals surface area contributed by atoms with E-state index in [1.807, 2.05) is 13.8 Å². The average molecular weight is 282 g/mol. The van der Waals surface area contributed by atoms with Crippen LogP contribution in [0, 0.1) is 0 Å². The quantitative estimate of drug-likeness (QED) is 0.677. The van der Waals surface area contributed by atoms with Crippen molar-refractivity contribution in [3.8, 4) is 0 Å². The van der Waals surface area contributed by atoms with Gasteiger partial charge in [0.2, 0.25) is 0 Å². The summed E-state index contributed by atoms with van der Waals surface area (Å²) in [6, 6.07) is 6.75. The van der Waals surface area contributed by atoms with Gasteiger partial charge in [0.05, 0.1) is 6.10 Å². The van der Waals surface area contributed by atoms with Crippen molar-refractivity contribution in [2.75, 3.05) is 0 Å². The number of hydrogen-bond donors (Lipinski definition) is 0. The highest BCUT2D eigenvalue weighted by atomic mass is 32.2. The molecule has 0 aliphatic carbocycles. The molecule has 0 atom stereocenters. The SMILES string of the molecule is C=Cc1ccccc1S(=O)(=O)OC(CCC)CCC. The molecule has 1 aromatic carbocycles. The molecule has 0 aromatic heterocycles. The van der Waals surface area contributed by atoms with Gasteiger partial charge in [0.25, 0.3) is 10.1 Å². The summed E-state index contributed by atoms with van der Waals surface area (Å²) in [5.41, 5.74) is 0.578. The molecule has 0 spiro atoms. The summed E-state index contributed by atoms with van der Waals surface area (Å²) in [7, 11) is -3.72. The maximum Gasteiger partial charge on any atom is 0.297 e. The molecule has 3 nitrogen and oxygen atoms in total. The molecule has 0 amide bonds. The minimum Gasteiger partial charge on any atom is -0.263 e. The molecule has 0 radical (unpaired) electrons. The third kappa shape index (κ3) is 4.48. The monoisotopic (exact) mass is 282 g/mol. The van der Waals surface area contributed by atoms with Crippen molar-refractivity contribution in [1.29, 1.82) is 0 Å². The lowest BCUT2D eigenvalue weighted by Crippen LogP contribution is -2.19. The van der Waals surface area contributed by atoms with Gasteiger partial charge in [-0.15, -0.1) is 0 Å². The zero-order valence-corrected chi connectivity index (χ0v) is 12.4. The number of hydrogen-bond acceptors (Lipinski definition) is 3. The summed E-state index contributed by atoms with van der Waals surface area (Å²) in [5, 5.41) is 0. The lowest BCUT2D eigenvalue weighted by molar-refractivity contribution is 0.186. The fourth-order valence-corrected chi connectivity index (χ4v) is 3.33. The summed E-state index contributed by atoms with van der Waals surface area (Å²) in [5.74, 6) is 0. The van der Waals surface area contributed by atoms with Crippen molar-refractivity contribution in [2.24, 2.45) is 0 Å². The van der Waals surface area contributed by atoms with Crippen LogP contribution in [0.25, 0.3) is 6.08 Å². The Kier molecular flexibility index (Phi) is 6.25. The first kappa shape index (κ1) is 15.9. The largest absolute Gasteiger partial charge is 0.297 e. The van der Waals surface area contributed by atoms with Crippen molar-refractivity contribution in [1.82, 2.24) is 0 Å². The second-order valence-electron chi connectivity index (χ2n) is 4.49. The van der Waals surface area contributed by atoms with Gasteiger partial charge in [0, 0.05) is 0 Å². The highest BCUT2D eigenvalue weighted by molar-refractivity contribution is 7.86. The Balaban J connectivity index is 2.99. The van der Waals surface area contributed by atoms with Crippen LogP contribution in [0.15, 0.2) is 35.7 Å². The van der Waals surface area contributed by atoms with Gasteiger partial charge in [-0.2, -0.15) is 8.42 Å². The Morgan fingerprint density at radius 2 is 1.79 bits per heavy atom. The van der Waals surface area contributed by atoms with Gasteiger partial charge < -0.3 is 0 Å². The Hall–Kier alpha value is -1.13. The fourth-order valence-electron chi connectivity index (χ4n) is 1.99. The molecular formula is C15H22O3S. The topological polar surface area (TPSA) is 43.4 Å². The predicted octanol–water partition coefficient (Wildman–Crippen LogP) is 4.00. The van der Waals surface area contributed by atoms with Gasteiger partial charge in [0.15, 0.2) is 0 Å². The molecule has 1 aromatic rings. The van der Waals surface area contributed by atoms with Crippen LogP contribution in [-0.4, -0.2) is 14.5 Å². The van der Waals surface area contributed by atoms with Gasteiger partial charge in [-0.25, -0.2) is 0 Å². The Morgan fingerprint density at radius 1 is 1.21 bits per heavy atom. The molecular weight excluding hydrogens is 260 g/mol. The smallest absolute Gasteiger partial charge is 0.263 e. The third-order valence-electron chi connectivity index (χ3n) is 2.89. The molecule has 0 aliphatic heterocycles. The molecule has 1 rings (SSSR count). The number of rotatable bonds is 8. The standard InChI is InChI=1S/C15H22O3S/c1-4-9-14(10-5-2)18-19(16,17)15-12-8-7-11-13(15)6-3/h6-8,11-12,14H,3-5,9-10H2,1-2H3. The van der Waals surface area contributed by atoms with Crippen LogP contribution in [0.1, 0.15) is 45.1 Å². The first-order valence-electron chi connectivity index (χ1n) is 6.69. The molecule has 0 saturated heterocycles. The van der Waals surface area contributed by atoms with E-state index in [1.54, 1.807) is 24.3 Å². The summed E-state index contributed by atoms with van der Waals surface area (Å²) in [4.78, 5) is 0.196. The molecule has 0 heterocycles. The van der Waals surface area contributed by atoms with Gasteiger partial charge in [-0.1, -0.05) is 57.5 Å². The Morgan fingerprint density at radius 3 is 2.32 bits per heavy atom. The van der Waals surface area contributed by atoms with Crippen molar-refractivity contribution < 1.29 is 12.6 Å². The van der Waals surface area contributed by atoms with Crippen LogP contribution >= 0.6 is 0 Å². The Bertz CT molecular complexity index is 500. The van der Waals surface area contributed by atoms with Gasteiger partial charge in [-0.3, -0.25) is 4.18 Å². The molecule has 0 bridgehead atoms. The van der Waals surface area contributed by atoms with Crippen molar-refractivity contribution in [3.05, 3.63) is 36.4 Å². The second-order valence-corrected chi connectivity index (χ2v) is 6.03. The second kappa shape index (κ2) is 7.46. The van der Waals surface area contributed by atoms with E-state index in [-0.39, 0.29) is 11.0 Å². The zero-order chi connectivity index (χ0) is 14.3. The van der Waals surface area contributed by atoms with Crippen LogP contribution in [0.3, 0.4) is 0 Å². The first-order chi connectivity index (χ1) is 9.05. The molecule has 0 N–H and O–H groups in total. The summed E-state index contributed by atoms with van der Waals surface area (Å²) < 4.78 is 30.0. The van der Waals surface area contributed by atoms with E-state index in [0.29, 0.717) is 5.56 Å². The molecule has 0 aliphatic rings. The minimum atomic E-state index is -3.72. The lowest BCUT2D eigenvalue weighted by atomic mass is 10.1. The van der Waals surface area contributed by atoms with Crippen LogP contribution < -0.4 is 0 Å². The molecule has 0 unspecified atom stereocenters. The summed E-state index contributed by atoms with van der Waals surface area (Å²) in [6.07, 6.45) is 4.61. The van der Waals surface area contributed by atoms with Crippen molar-refractivity contribution >= 4 is 16.2 Å². The van der Waals surface area contributed by atoms with Gasteiger partial charge in [-0.05, 0) is 24.5 Å². The predicted molar refractivity (Wildman–Crippen MR) is 78.4 cm³/mol. The van der Waals surface area contributed by atoms with E-state index in [9.17, 15) is 8.42 Å². The van der Waals surface area contributed by atoms with Crippen molar-refractivity contribution in [3.63, 3.8) is 0 Å². The van der Waals surface area contributed by atoms with Crippen LogP contribution in [-0.2, 0) is 14.3 Å². The van der Waals surface area contributed by atoms with E-state index in [0.717, 1.165) is 25.7 Å². The highest BCUT2D eigenvalue weighted by Gasteiger charge is 2.22.